The van der Waals surface area contributed by atoms with Gasteiger partial charge in [0.25, 0.3) is 0 Å². The number of piperidine rings is 1. The number of amides is 1. The van der Waals surface area contributed by atoms with Gasteiger partial charge in [-0.05, 0) is 38.4 Å². The number of ether oxygens (including phenoxy) is 2. The summed E-state index contributed by atoms with van der Waals surface area (Å²) in [6.07, 6.45) is 1.98. The number of hydrogen-bond acceptors (Lipinski definition) is 4. The van der Waals surface area contributed by atoms with E-state index in [2.05, 4.69) is 10.6 Å². The zero-order valence-electron chi connectivity index (χ0n) is 12.6. The zero-order valence-corrected chi connectivity index (χ0v) is 12.6. The molecule has 1 aromatic carbocycles. The Balaban J connectivity index is 1.90. The van der Waals surface area contributed by atoms with Crippen LogP contribution in [-0.4, -0.2) is 38.8 Å². The molecule has 21 heavy (non-hydrogen) atoms. The van der Waals surface area contributed by atoms with E-state index in [4.69, 9.17) is 9.47 Å². The Morgan fingerprint density at radius 3 is 3.00 bits per heavy atom. The maximum absolute atomic E-state index is 12.3. The zero-order chi connectivity index (χ0) is 14.9. The van der Waals surface area contributed by atoms with Crippen LogP contribution in [0.15, 0.2) is 24.3 Å². The molecule has 0 radical (unpaired) electrons. The third-order valence-corrected chi connectivity index (χ3v) is 3.50. The Labute approximate surface area is 126 Å². The number of benzene rings is 1. The molecular weight excluding hydrogens is 268 g/mol. The van der Waals surface area contributed by atoms with Gasteiger partial charge in [-0.25, -0.2) is 0 Å². The summed E-state index contributed by atoms with van der Waals surface area (Å²) in [5.41, 5.74) is 0.726. The van der Waals surface area contributed by atoms with Gasteiger partial charge in [0.1, 0.15) is 12.4 Å². The van der Waals surface area contributed by atoms with Gasteiger partial charge >= 0.3 is 0 Å². The van der Waals surface area contributed by atoms with Crippen molar-refractivity contribution >= 4 is 11.6 Å². The van der Waals surface area contributed by atoms with Gasteiger partial charge in [-0.2, -0.15) is 0 Å². The minimum Gasteiger partial charge on any atom is -0.489 e. The fraction of sp³-hybridized carbons (Fsp3) is 0.562. The van der Waals surface area contributed by atoms with Gasteiger partial charge in [0.15, 0.2) is 0 Å². The van der Waals surface area contributed by atoms with Crippen LogP contribution in [0.4, 0.5) is 5.69 Å². The highest BCUT2D eigenvalue weighted by atomic mass is 16.5. The van der Waals surface area contributed by atoms with Crippen LogP contribution in [-0.2, 0) is 9.53 Å². The second-order valence-corrected chi connectivity index (χ2v) is 5.07. The second-order valence-electron chi connectivity index (χ2n) is 5.07. The lowest BCUT2D eigenvalue weighted by molar-refractivity contribution is -0.120. The van der Waals surface area contributed by atoms with Gasteiger partial charge in [0.2, 0.25) is 5.91 Å². The van der Waals surface area contributed by atoms with Crippen LogP contribution in [0.5, 0.6) is 5.75 Å². The first-order chi connectivity index (χ1) is 10.3. The quantitative estimate of drug-likeness (QED) is 0.755. The number of carbonyl (C=O) groups is 1. The highest BCUT2D eigenvalue weighted by molar-refractivity contribution is 5.94. The lowest BCUT2D eigenvalue weighted by Gasteiger charge is -2.22. The Bertz CT molecular complexity index is 445. The average molecular weight is 292 g/mol. The predicted octanol–water partition coefficient (Wildman–Crippen LogP) is 2.04. The third kappa shape index (κ3) is 5.02. The first-order valence-electron chi connectivity index (χ1n) is 7.62. The number of nitrogens with one attached hydrogen (secondary N) is 2. The largest absolute Gasteiger partial charge is 0.489 e. The van der Waals surface area contributed by atoms with Gasteiger partial charge in [-0.1, -0.05) is 12.1 Å². The fourth-order valence-electron chi connectivity index (χ4n) is 2.36. The van der Waals surface area contributed by atoms with E-state index in [-0.39, 0.29) is 11.8 Å². The topological polar surface area (TPSA) is 59.6 Å². The van der Waals surface area contributed by atoms with Gasteiger partial charge in [-0.15, -0.1) is 0 Å². The Hall–Kier alpha value is -1.59. The lowest BCUT2D eigenvalue weighted by Crippen LogP contribution is -2.37. The highest BCUT2D eigenvalue weighted by Crippen LogP contribution is 2.25. The van der Waals surface area contributed by atoms with Gasteiger partial charge in [0, 0.05) is 13.2 Å². The van der Waals surface area contributed by atoms with Crippen molar-refractivity contribution in [1.82, 2.24) is 5.32 Å². The van der Waals surface area contributed by atoms with Gasteiger partial charge in [-0.3, -0.25) is 4.79 Å². The molecule has 5 nitrogen and oxygen atoms in total. The van der Waals surface area contributed by atoms with E-state index in [1.807, 2.05) is 31.2 Å². The number of carbonyl (C=O) groups excluding carboxylic acids is 1. The molecule has 1 saturated heterocycles. The monoisotopic (exact) mass is 292 g/mol. The molecule has 1 aromatic rings. The molecular formula is C16H24N2O3. The summed E-state index contributed by atoms with van der Waals surface area (Å²) in [6.45, 7) is 5.40. The maximum atomic E-state index is 12.3. The summed E-state index contributed by atoms with van der Waals surface area (Å²) in [7, 11) is 0. The summed E-state index contributed by atoms with van der Waals surface area (Å²) in [4.78, 5) is 12.3. The van der Waals surface area contributed by atoms with Crippen LogP contribution >= 0.6 is 0 Å². The van der Waals surface area contributed by atoms with E-state index >= 15 is 0 Å². The van der Waals surface area contributed by atoms with Gasteiger partial charge < -0.3 is 20.1 Å². The minimum absolute atomic E-state index is 0.0373. The van der Waals surface area contributed by atoms with Crippen molar-refractivity contribution in [2.45, 2.75) is 19.8 Å². The Kier molecular flexibility index (Phi) is 6.50. The number of rotatable bonds is 7. The van der Waals surface area contributed by atoms with Crippen molar-refractivity contribution in [3.8, 4) is 5.75 Å². The van der Waals surface area contributed by atoms with E-state index in [0.29, 0.717) is 25.6 Å². The first-order valence-corrected chi connectivity index (χ1v) is 7.62. The van der Waals surface area contributed by atoms with Crippen molar-refractivity contribution in [2.75, 3.05) is 38.2 Å². The van der Waals surface area contributed by atoms with E-state index in [1.165, 1.54) is 0 Å². The van der Waals surface area contributed by atoms with Crippen LogP contribution in [0.3, 0.4) is 0 Å². The molecule has 0 aliphatic carbocycles. The summed E-state index contributed by atoms with van der Waals surface area (Å²) in [6, 6.07) is 7.52. The van der Waals surface area contributed by atoms with Crippen LogP contribution in [0.25, 0.3) is 0 Å². The molecule has 1 fully saturated rings. The molecule has 1 amide bonds. The molecule has 1 heterocycles. The van der Waals surface area contributed by atoms with E-state index in [1.54, 1.807) is 0 Å². The van der Waals surface area contributed by atoms with E-state index in [9.17, 15) is 4.79 Å². The lowest BCUT2D eigenvalue weighted by atomic mass is 9.99. The predicted molar refractivity (Wildman–Crippen MR) is 82.7 cm³/mol. The molecule has 1 aliphatic heterocycles. The molecule has 0 aromatic heterocycles. The van der Waals surface area contributed by atoms with Crippen molar-refractivity contribution in [3.63, 3.8) is 0 Å². The number of hydrogen-bond donors (Lipinski definition) is 2. The van der Waals surface area contributed by atoms with Crippen molar-refractivity contribution in [3.05, 3.63) is 24.3 Å². The average Bonchev–Trinajstić information content (AvgIpc) is 2.54. The van der Waals surface area contributed by atoms with Crippen molar-refractivity contribution in [1.29, 1.82) is 0 Å². The summed E-state index contributed by atoms with van der Waals surface area (Å²) in [5.74, 6) is 0.785. The molecule has 5 heteroatoms. The summed E-state index contributed by atoms with van der Waals surface area (Å²) >= 11 is 0. The summed E-state index contributed by atoms with van der Waals surface area (Å²) in [5, 5.41) is 6.23. The smallest absolute Gasteiger partial charge is 0.228 e. The van der Waals surface area contributed by atoms with E-state index in [0.717, 1.165) is 31.6 Å². The Morgan fingerprint density at radius 2 is 2.24 bits per heavy atom. The molecule has 0 bridgehead atoms. The maximum Gasteiger partial charge on any atom is 0.228 e. The van der Waals surface area contributed by atoms with Crippen molar-refractivity contribution < 1.29 is 14.3 Å². The van der Waals surface area contributed by atoms with E-state index < -0.39 is 0 Å². The number of anilines is 1. The highest BCUT2D eigenvalue weighted by Gasteiger charge is 2.21. The first kappa shape index (κ1) is 15.8. The molecule has 1 aliphatic rings. The molecule has 1 atom stereocenters. The van der Waals surface area contributed by atoms with Gasteiger partial charge in [0.05, 0.1) is 18.2 Å². The molecule has 2 N–H and O–H groups in total. The number of para-hydroxylation sites is 2. The molecule has 2 rings (SSSR count). The molecule has 116 valence electrons. The minimum atomic E-state index is 0.0373. The molecule has 0 spiro atoms. The molecule has 0 saturated carbocycles. The SMILES string of the molecule is CCOCCOc1ccccc1NC(=O)C1CCCNC1. The normalized spacial score (nSPS) is 18.2. The van der Waals surface area contributed by atoms with Crippen LogP contribution in [0.1, 0.15) is 19.8 Å². The standard InChI is InChI=1S/C16H24N2O3/c1-2-20-10-11-21-15-8-4-3-7-14(15)18-16(19)13-6-5-9-17-12-13/h3-4,7-8,13,17H,2,5-6,9-12H2,1H3,(H,18,19). The van der Waals surface area contributed by atoms with Crippen LogP contribution in [0, 0.1) is 5.92 Å². The fourth-order valence-corrected chi connectivity index (χ4v) is 2.36. The van der Waals surface area contributed by atoms with Crippen LogP contribution in [0.2, 0.25) is 0 Å². The van der Waals surface area contributed by atoms with Crippen molar-refractivity contribution in [2.24, 2.45) is 5.92 Å². The molecule has 1 unspecified atom stereocenters. The third-order valence-electron chi connectivity index (χ3n) is 3.50. The Morgan fingerprint density at radius 1 is 1.38 bits per heavy atom. The summed E-state index contributed by atoms with van der Waals surface area (Å²) < 4.78 is 10.9. The van der Waals surface area contributed by atoms with Crippen LogP contribution < -0.4 is 15.4 Å². The second kappa shape index (κ2) is 8.64.